The van der Waals surface area contributed by atoms with Crippen LogP contribution in [0.4, 0.5) is 5.69 Å². The lowest BCUT2D eigenvalue weighted by Crippen LogP contribution is -2.22. The van der Waals surface area contributed by atoms with E-state index in [1.165, 1.54) is 6.07 Å². The lowest BCUT2D eigenvalue weighted by molar-refractivity contribution is 0.663. The predicted octanol–water partition coefficient (Wildman–Crippen LogP) is 4.15. The van der Waals surface area contributed by atoms with Crippen LogP contribution in [0.25, 0.3) is 0 Å². The Morgan fingerprint density at radius 2 is 1.87 bits per heavy atom. The van der Waals surface area contributed by atoms with Gasteiger partial charge >= 0.3 is 0 Å². The molecule has 0 bridgehead atoms. The maximum atomic E-state index is 11.9. The van der Waals surface area contributed by atoms with E-state index in [-0.39, 0.29) is 0 Å². The van der Waals surface area contributed by atoms with Crippen LogP contribution in [-0.2, 0) is 9.73 Å². The molecular weight excluding hydrogens is 277 g/mol. The molecule has 0 spiro atoms. The molecule has 1 aromatic carbocycles. The van der Waals surface area contributed by atoms with Gasteiger partial charge in [0.2, 0.25) is 0 Å². The van der Waals surface area contributed by atoms with Crippen LogP contribution in [0, 0.1) is 0 Å². The molecule has 82 valence electrons. The first-order valence-corrected chi connectivity index (χ1v) is 7.36. The highest BCUT2D eigenvalue weighted by Crippen LogP contribution is 2.37. The maximum absolute atomic E-state index is 11.9. The van der Waals surface area contributed by atoms with Gasteiger partial charge in [0, 0.05) is 16.5 Å². The Kier molecular flexibility index (Phi) is 3.17. The Labute approximate surface area is 104 Å². The number of hydrogen-bond acceptors (Lipinski definition) is 2. The highest BCUT2D eigenvalue weighted by Gasteiger charge is 2.20. The van der Waals surface area contributed by atoms with Gasteiger partial charge in [0.15, 0.2) is 0 Å². The normalized spacial score (nSPS) is 18.3. The number of rotatable bonds is 1. The van der Waals surface area contributed by atoms with Crippen molar-refractivity contribution >= 4 is 50.2 Å². The van der Waals surface area contributed by atoms with Crippen LogP contribution < -0.4 is 0 Å². The minimum absolute atomic E-state index is 0.315. The molecule has 1 fully saturated rings. The topological polar surface area (TPSA) is 29.4 Å². The molecule has 1 heterocycles. The van der Waals surface area contributed by atoms with Crippen molar-refractivity contribution in [3.05, 3.63) is 27.2 Å². The molecule has 0 saturated carbocycles. The van der Waals surface area contributed by atoms with Crippen LogP contribution in [0.5, 0.6) is 0 Å². The first-order chi connectivity index (χ1) is 7.00. The van der Waals surface area contributed by atoms with Gasteiger partial charge in [-0.2, -0.15) is 4.36 Å². The van der Waals surface area contributed by atoms with E-state index in [1.807, 2.05) is 0 Å². The summed E-state index contributed by atoms with van der Waals surface area (Å²) in [6.45, 7) is 0. The second-order valence-corrected chi connectivity index (χ2v) is 7.11. The SMILES string of the molecule is O=S1(=Nc2cc(Cl)cc(Cl)c2Cl)CCC1. The highest BCUT2D eigenvalue weighted by molar-refractivity contribution is 7.95. The lowest BCUT2D eigenvalue weighted by Gasteiger charge is -2.18. The maximum Gasteiger partial charge on any atom is 0.0946 e. The highest BCUT2D eigenvalue weighted by atomic mass is 35.5. The van der Waals surface area contributed by atoms with Gasteiger partial charge in [0.1, 0.15) is 0 Å². The van der Waals surface area contributed by atoms with E-state index in [9.17, 15) is 4.21 Å². The number of hydrogen-bond donors (Lipinski definition) is 0. The van der Waals surface area contributed by atoms with E-state index in [0.717, 1.165) is 6.42 Å². The lowest BCUT2D eigenvalue weighted by atomic mass is 10.3. The Morgan fingerprint density at radius 1 is 1.20 bits per heavy atom. The van der Waals surface area contributed by atoms with Crippen LogP contribution in [-0.4, -0.2) is 15.7 Å². The Balaban J connectivity index is 2.54. The third-order valence-electron chi connectivity index (χ3n) is 2.17. The van der Waals surface area contributed by atoms with Gasteiger partial charge in [0.05, 0.1) is 25.5 Å². The summed E-state index contributed by atoms with van der Waals surface area (Å²) in [4.78, 5) is 0. The van der Waals surface area contributed by atoms with Crippen molar-refractivity contribution in [2.24, 2.45) is 4.36 Å². The Morgan fingerprint density at radius 3 is 2.40 bits per heavy atom. The summed E-state index contributed by atoms with van der Waals surface area (Å²) in [5, 5.41) is 1.10. The number of benzene rings is 1. The van der Waals surface area contributed by atoms with Gasteiger partial charge in [-0.25, -0.2) is 4.21 Å². The number of halogens is 3. The summed E-state index contributed by atoms with van der Waals surface area (Å²) in [7, 11) is -2.07. The minimum Gasteiger partial charge on any atom is -0.249 e. The molecule has 0 radical (unpaired) electrons. The van der Waals surface area contributed by atoms with Crippen molar-refractivity contribution in [3.8, 4) is 0 Å². The molecule has 0 aliphatic carbocycles. The molecule has 0 aromatic heterocycles. The predicted molar refractivity (Wildman–Crippen MR) is 66.1 cm³/mol. The van der Waals surface area contributed by atoms with Gasteiger partial charge in [-0.1, -0.05) is 34.8 Å². The Bertz CT molecular complexity index is 510. The van der Waals surface area contributed by atoms with E-state index in [2.05, 4.69) is 4.36 Å². The zero-order valence-corrected chi connectivity index (χ0v) is 10.8. The first kappa shape index (κ1) is 11.5. The van der Waals surface area contributed by atoms with E-state index in [0.29, 0.717) is 32.3 Å². The van der Waals surface area contributed by atoms with E-state index in [1.54, 1.807) is 6.07 Å². The molecule has 2 nitrogen and oxygen atoms in total. The summed E-state index contributed by atoms with van der Waals surface area (Å²) in [6, 6.07) is 3.12. The van der Waals surface area contributed by atoms with Crippen LogP contribution in [0.15, 0.2) is 16.5 Å². The largest absolute Gasteiger partial charge is 0.249 e. The quantitative estimate of drug-likeness (QED) is 0.712. The summed E-state index contributed by atoms with van der Waals surface area (Å²) < 4.78 is 16.0. The van der Waals surface area contributed by atoms with Crippen molar-refractivity contribution in [1.82, 2.24) is 0 Å². The fourth-order valence-electron chi connectivity index (χ4n) is 1.27. The monoisotopic (exact) mass is 283 g/mol. The average molecular weight is 285 g/mol. The van der Waals surface area contributed by atoms with E-state index < -0.39 is 9.73 Å². The van der Waals surface area contributed by atoms with Crippen molar-refractivity contribution in [2.45, 2.75) is 6.42 Å². The van der Waals surface area contributed by atoms with Gasteiger partial charge in [-0.05, 0) is 18.6 Å². The smallest absolute Gasteiger partial charge is 0.0946 e. The van der Waals surface area contributed by atoms with Gasteiger partial charge in [-0.3, -0.25) is 0 Å². The molecule has 1 saturated heterocycles. The third-order valence-corrected chi connectivity index (χ3v) is 5.56. The molecule has 0 unspecified atom stereocenters. The van der Waals surface area contributed by atoms with Crippen LogP contribution in [0.3, 0.4) is 0 Å². The number of nitrogens with zero attached hydrogens (tertiary/aromatic N) is 1. The molecule has 1 aliphatic rings. The summed E-state index contributed by atoms with van der Waals surface area (Å²) >= 11 is 17.6. The Hall–Kier alpha value is 0.0400. The molecular formula is C9H8Cl3NOS. The molecule has 2 rings (SSSR count). The molecule has 1 aromatic rings. The zero-order chi connectivity index (χ0) is 11.1. The summed E-state index contributed by atoms with van der Waals surface area (Å²) in [5.74, 6) is 1.26. The molecule has 0 amide bonds. The van der Waals surface area contributed by atoms with Gasteiger partial charge in [-0.15, -0.1) is 0 Å². The second-order valence-electron chi connectivity index (χ2n) is 3.35. The van der Waals surface area contributed by atoms with Crippen molar-refractivity contribution in [2.75, 3.05) is 11.5 Å². The standard InChI is InChI=1S/C9H8Cl3NOS/c10-6-4-7(11)9(12)8(5-6)13-15(14)2-1-3-15/h4-5H,1-3H2. The summed E-state index contributed by atoms with van der Waals surface area (Å²) in [6.07, 6.45) is 0.953. The molecule has 6 heteroatoms. The van der Waals surface area contributed by atoms with Crippen molar-refractivity contribution in [3.63, 3.8) is 0 Å². The fraction of sp³-hybridized carbons (Fsp3) is 0.333. The first-order valence-electron chi connectivity index (χ1n) is 4.37. The van der Waals surface area contributed by atoms with Gasteiger partial charge < -0.3 is 0 Å². The average Bonchev–Trinajstić information content (AvgIpc) is 2.11. The van der Waals surface area contributed by atoms with E-state index in [4.69, 9.17) is 34.8 Å². The molecule has 1 aliphatic heterocycles. The second kappa shape index (κ2) is 4.13. The van der Waals surface area contributed by atoms with Gasteiger partial charge in [0.25, 0.3) is 0 Å². The van der Waals surface area contributed by atoms with Crippen LogP contribution in [0.1, 0.15) is 6.42 Å². The minimum atomic E-state index is -2.07. The summed E-state index contributed by atoms with van der Waals surface area (Å²) in [5.41, 5.74) is 0.430. The van der Waals surface area contributed by atoms with Crippen LogP contribution in [0.2, 0.25) is 15.1 Å². The molecule has 15 heavy (non-hydrogen) atoms. The van der Waals surface area contributed by atoms with Crippen LogP contribution >= 0.6 is 34.8 Å². The van der Waals surface area contributed by atoms with Crippen molar-refractivity contribution < 1.29 is 4.21 Å². The molecule has 0 atom stereocenters. The van der Waals surface area contributed by atoms with Crippen molar-refractivity contribution in [1.29, 1.82) is 0 Å². The molecule has 0 N–H and O–H groups in total. The third kappa shape index (κ3) is 2.41. The zero-order valence-electron chi connectivity index (χ0n) is 7.67. The fourth-order valence-corrected chi connectivity index (χ4v) is 3.42. The van der Waals surface area contributed by atoms with E-state index >= 15 is 0 Å².